The van der Waals surface area contributed by atoms with Crippen molar-refractivity contribution in [2.24, 2.45) is 16.6 Å². The van der Waals surface area contributed by atoms with Crippen LogP contribution in [-0.2, 0) is 6.42 Å². The molecule has 2 N–H and O–H groups in total. The fraction of sp³-hybridized carbons (Fsp3) is 0.562. The van der Waals surface area contributed by atoms with Gasteiger partial charge in [0.05, 0.1) is 0 Å². The second-order valence-electron chi connectivity index (χ2n) is 5.59. The van der Waals surface area contributed by atoms with Gasteiger partial charge >= 0.3 is 0 Å². The fourth-order valence-electron chi connectivity index (χ4n) is 2.52. The molecule has 3 nitrogen and oxygen atoms in total. The van der Waals surface area contributed by atoms with E-state index in [1.54, 1.807) is 0 Å². The lowest BCUT2D eigenvalue weighted by molar-refractivity contribution is 0.277. The molecule has 1 heterocycles. The molecule has 0 spiro atoms. The highest BCUT2D eigenvalue weighted by Crippen LogP contribution is 2.15. The Morgan fingerprint density at radius 2 is 1.95 bits per heavy atom. The van der Waals surface area contributed by atoms with E-state index in [-0.39, 0.29) is 24.0 Å². The SMILES string of the molecule is Cc1ccccc1CCN=C(N)N1CCC(C)CC1.I. The Balaban J connectivity index is 0.00000200. The maximum atomic E-state index is 6.07. The first-order valence-electron chi connectivity index (χ1n) is 7.26. The van der Waals surface area contributed by atoms with Gasteiger partial charge in [-0.1, -0.05) is 31.2 Å². The number of rotatable bonds is 3. The molecule has 20 heavy (non-hydrogen) atoms. The number of likely N-dealkylation sites (tertiary alicyclic amines) is 1. The van der Waals surface area contributed by atoms with Gasteiger partial charge in [0.25, 0.3) is 0 Å². The lowest BCUT2D eigenvalue weighted by Crippen LogP contribution is -2.42. The number of benzene rings is 1. The van der Waals surface area contributed by atoms with E-state index in [2.05, 4.69) is 48.0 Å². The molecule has 1 saturated heterocycles. The molecule has 1 aliphatic rings. The van der Waals surface area contributed by atoms with Crippen LogP contribution in [0.5, 0.6) is 0 Å². The van der Waals surface area contributed by atoms with Crippen molar-refractivity contribution in [3.63, 3.8) is 0 Å². The molecule has 0 unspecified atom stereocenters. The first-order valence-corrected chi connectivity index (χ1v) is 7.26. The third kappa shape index (κ3) is 4.96. The van der Waals surface area contributed by atoms with Crippen LogP contribution in [0.1, 0.15) is 30.9 Å². The predicted molar refractivity (Wildman–Crippen MR) is 96.8 cm³/mol. The van der Waals surface area contributed by atoms with Crippen molar-refractivity contribution in [1.29, 1.82) is 0 Å². The molecule has 4 heteroatoms. The quantitative estimate of drug-likeness (QED) is 0.492. The Labute approximate surface area is 139 Å². The van der Waals surface area contributed by atoms with Crippen molar-refractivity contribution in [3.8, 4) is 0 Å². The minimum absolute atomic E-state index is 0. The molecule has 112 valence electrons. The van der Waals surface area contributed by atoms with Gasteiger partial charge in [-0.3, -0.25) is 4.99 Å². The van der Waals surface area contributed by atoms with Crippen LogP contribution in [0.25, 0.3) is 0 Å². The van der Waals surface area contributed by atoms with Crippen molar-refractivity contribution >= 4 is 29.9 Å². The van der Waals surface area contributed by atoms with Crippen molar-refractivity contribution in [2.75, 3.05) is 19.6 Å². The number of hydrogen-bond donors (Lipinski definition) is 1. The van der Waals surface area contributed by atoms with Crippen LogP contribution in [0.4, 0.5) is 0 Å². The van der Waals surface area contributed by atoms with Gasteiger partial charge in [-0.25, -0.2) is 0 Å². The van der Waals surface area contributed by atoms with Gasteiger partial charge in [-0.2, -0.15) is 0 Å². The summed E-state index contributed by atoms with van der Waals surface area (Å²) in [5.41, 5.74) is 8.78. The maximum Gasteiger partial charge on any atom is 0.191 e. The number of nitrogens with two attached hydrogens (primary N) is 1. The minimum Gasteiger partial charge on any atom is -0.370 e. The van der Waals surface area contributed by atoms with E-state index in [0.717, 1.165) is 37.9 Å². The molecule has 0 radical (unpaired) electrons. The van der Waals surface area contributed by atoms with Gasteiger partial charge in [-0.15, -0.1) is 24.0 Å². The summed E-state index contributed by atoms with van der Waals surface area (Å²) in [6.45, 7) is 7.35. The van der Waals surface area contributed by atoms with Gasteiger partial charge in [0.15, 0.2) is 5.96 Å². The van der Waals surface area contributed by atoms with Gasteiger partial charge in [-0.05, 0) is 43.2 Å². The lowest BCUT2D eigenvalue weighted by Gasteiger charge is -2.31. The van der Waals surface area contributed by atoms with Crippen LogP contribution in [-0.4, -0.2) is 30.5 Å². The monoisotopic (exact) mass is 387 g/mol. The summed E-state index contributed by atoms with van der Waals surface area (Å²) >= 11 is 0. The van der Waals surface area contributed by atoms with Crippen LogP contribution >= 0.6 is 24.0 Å². The molecule has 1 aliphatic heterocycles. The normalized spacial score (nSPS) is 16.9. The number of piperidine rings is 1. The molecule has 1 aromatic rings. The molecule has 0 bridgehead atoms. The highest BCUT2D eigenvalue weighted by atomic mass is 127. The second-order valence-corrected chi connectivity index (χ2v) is 5.59. The molecular weight excluding hydrogens is 361 g/mol. The van der Waals surface area contributed by atoms with Crippen molar-refractivity contribution in [1.82, 2.24) is 4.90 Å². The smallest absolute Gasteiger partial charge is 0.191 e. The fourth-order valence-corrected chi connectivity index (χ4v) is 2.52. The summed E-state index contributed by atoms with van der Waals surface area (Å²) in [6, 6.07) is 8.48. The van der Waals surface area contributed by atoms with Crippen LogP contribution in [0.15, 0.2) is 29.3 Å². The minimum atomic E-state index is 0. The zero-order valence-electron chi connectivity index (χ0n) is 12.5. The molecule has 0 saturated carbocycles. The van der Waals surface area contributed by atoms with Crippen molar-refractivity contribution in [2.45, 2.75) is 33.1 Å². The van der Waals surface area contributed by atoms with Crippen molar-refractivity contribution in [3.05, 3.63) is 35.4 Å². The number of aliphatic imine (C=N–C) groups is 1. The maximum absolute atomic E-state index is 6.07. The number of guanidine groups is 1. The van der Waals surface area contributed by atoms with E-state index in [1.807, 2.05) is 0 Å². The number of halogens is 1. The van der Waals surface area contributed by atoms with Crippen LogP contribution in [0.2, 0.25) is 0 Å². The molecule has 2 rings (SSSR count). The molecule has 0 amide bonds. The zero-order valence-corrected chi connectivity index (χ0v) is 14.8. The van der Waals surface area contributed by atoms with Crippen molar-refractivity contribution < 1.29 is 0 Å². The van der Waals surface area contributed by atoms with E-state index >= 15 is 0 Å². The molecule has 1 fully saturated rings. The molecule has 0 atom stereocenters. The molecule has 0 aliphatic carbocycles. The standard InChI is InChI=1S/C16H25N3.HI/c1-13-8-11-19(12-9-13)16(17)18-10-7-15-6-4-3-5-14(15)2;/h3-6,13H,7-12H2,1-2H3,(H2,17,18);1H. The third-order valence-corrected chi connectivity index (χ3v) is 4.02. The van der Waals surface area contributed by atoms with E-state index in [9.17, 15) is 0 Å². The molecule has 0 aromatic heterocycles. The summed E-state index contributed by atoms with van der Waals surface area (Å²) < 4.78 is 0. The summed E-state index contributed by atoms with van der Waals surface area (Å²) in [7, 11) is 0. The number of nitrogens with zero attached hydrogens (tertiary/aromatic N) is 2. The average molecular weight is 387 g/mol. The Hall–Kier alpha value is -0.780. The second kappa shape index (κ2) is 8.49. The summed E-state index contributed by atoms with van der Waals surface area (Å²) in [5, 5.41) is 0. The van der Waals surface area contributed by atoms with Crippen LogP contribution in [0, 0.1) is 12.8 Å². The van der Waals surface area contributed by atoms with E-state index < -0.39 is 0 Å². The largest absolute Gasteiger partial charge is 0.370 e. The van der Waals surface area contributed by atoms with Crippen LogP contribution in [0.3, 0.4) is 0 Å². The third-order valence-electron chi connectivity index (χ3n) is 4.02. The molecular formula is C16H26IN3. The van der Waals surface area contributed by atoms with E-state index in [4.69, 9.17) is 5.73 Å². The highest BCUT2D eigenvalue weighted by Gasteiger charge is 2.16. The van der Waals surface area contributed by atoms with E-state index in [1.165, 1.54) is 24.0 Å². The average Bonchev–Trinajstić information content (AvgIpc) is 2.41. The summed E-state index contributed by atoms with van der Waals surface area (Å²) in [4.78, 5) is 6.75. The first kappa shape index (κ1) is 17.3. The van der Waals surface area contributed by atoms with Gasteiger partial charge in [0.2, 0.25) is 0 Å². The molecule has 1 aromatic carbocycles. The Bertz CT molecular complexity index is 437. The summed E-state index contributed by atoms with van der Waals surface area (Å²) in [6.07, 6.45) is 3.43. The summed E-state index contributed by atoms with van der Waals surface area (Å²) in [5.74, 6) is 1.55. The van der Waals surface area contributed by atoms with Gasteiger partial charge in [0.1, 0.15) is 0 Å². The van der Waals surface area contributed by atoms with E-state index in [0.29, 0.717) is 0 Å². The van der Waals surface area contributed by atoms with Gasteiger partial charge in [0, 0.05) is 19.6 Å². The Morgan fingerprint density at radius 3 is 2.60 bits per heavy atom. The number of aryl methyl sites for hydroxylation is 1. The highest BCUT2D eigenvalue weighted by molar-refractivity contribution is 14.0. The number of hydrogen-bond acceptors (Lipinski definition) is 1. The Kier molecular flexibility index (Phi) is 7.34. The van der Waals surface area contributed by atoms with Crippen LogP contribution < -0.4 is 5.73 Å². The first-order chi connectivity index (χ1) is 9.16. The predicted octanol–water partition coefficient (Wildman–Crippen LogP) is 3.20. The lowest BCUT2D eigenvalue weighted by atomic mass is 10.00. The Morgan fingerprint density at radius 1 is 1.30 bits per heavy atom. The topological polar surface area (TPSA) is 41.6 Å². The zero-order chi connectivity index (χ0) is 13.7. The van der Waals surface area contributed by atoms with Gasteiger partial charge < -0.3 is 10.6 Å².